The number of carbonyl (C=O) groups is 1. The molecule has 2 N–H and O–H groups in total. The van der Waals surface area contributed by atoms with Gasteiger partial charge >= 0.3 is 12.1 Å². The lowest BCUT2D eigenvalue weighted by Gasteiger charge is -2.40. The number of hydrogen-bond donors (Lipinski definition) is 2. The maximum absolute atomic E-state index is 15.8. The zero-order valence-corrected chi connectivity index (χ0v) is 24.6. The highest BCUT2D eigenvalue weighted by molar-refractivity contribution is 7.16. The van der Waals surface area contributed by atoms with Gasteiger partial charge in [-0.1, -0.05) is 11.3 Å². The second kappa shape index (κ2) is 13.2. The predicted molar refractivity (Wildman–Crippen MR) is 153 cm³/mol. The van der Waals surface area contributed by atoms with Gasteiger partial charge in [0, 0.05) is 49.2 Å². The smallest absolute Gasteiger partial charge is 0.416 e. The molecular formula is C28H31F6N7O2S. The van der Waals surface area contributed by atoms with Gasteiger partial charge in [0.15, 0.2) is 16.8 Å². The van der Waals surface area contributed by atoms with E-state index in [1.165, 1.54) is 0 Å². The minimum atomic E-state index is -4.76. The number of nitrogens with one attached hydrogen (secondary N) is 1. The molecule has 0 amide bonds. The normalized spacial score (nSPS) is 19.9. The van der Waals surface area contributed by atoms with Crippen molar-refractivity contribution in [2.24, 2.45) is 0 Å². The van der Waals surface area contributed by atoms with Crippen LogP contribution in [0.4, 0.5) is 43.1 Å². The predicted octanol–water partition coefficient (Wildman–Crippen LogP) is 5.56. The summed E-state index contributed by atoms with van der Waals surface area (Å²) in [5, 5.41) is 11.9. The average molecular weight is 644 g/mol. The summed E-state index contributed by atoms with van der Waals surface area (Å²) in [6.45, 7) is 3.24. The summed E-state index contributed by atoms with van der Waals surface area (Å²) >= 11 is 1.11. The monoisotopic (exact) mass is 643 g/mol. The molecule has 2 aliphatic rings. The number of benzene rings is 1. The van der Waals surface area contributed by atoms with Gasteiger partial charge in [0.1, 0.15) is 18.8 Å². The number of aromatic nitrogens is 3. The van der Waals surface area contributed by atoms with Crippen LogP contribution in [-0.2, 0) is 17.5 Å². The molecule has 2 fully saturated rings. The summed E-state index contributed by atoms with van der Waals surface area (Å²) in [7, 11) is 0. The Labute approximate surface area is 253 Å². The first-order valence-corrected chi connectivity index (χ1v) is 14.9. The Kier molecular flexibility index (Phi) is 9.60. The van der Waals surface area contributed by atoms with Crippen LogP contribution in [0.5, 0.6) is 0 Å². The molecule has 2 saturated heterocycles. The molecule has 0 aliphatic carbocycles. The van der Waals surface area contributed by atoms with Gasteiger partial charge in [0.25, 0.3) is 0 Å². The largest absolute Gasteiger partial charge is 0.481 e. The summed E-state index contributed by atoms with van der Waals surface area (Å²) in [6.07, 6.45) is -1.85. The maximum atomic E-state index is 15.8. The Bertz CT molecular complexity index is 1490. The van der Waals surface area contributed by atoms with E-state index < -0.39 is 42.1 Å². The number of anilines is 3. The van der Waals surface area contributed by atoms with Crippen molar-refractivity contribution in [2.75, 3.05) is 49.6 Å². The summed E-state index contributed by atoms with van der Waals surface area (Å²) in [5.41, 5.74) is -1.04. The average Bonchev–Trinajstić information content (AvgIpc) is 3.57. The van der Waals surface area contributed by atoms with Crippen molar-refractivity contribution in [1.29, 1.82) is 0 Å². The molecule has 44 heavy (non-hydrogen) atoms. The molecule has 0 radical (unpaired) electrons. The van der Waals surface area contributed by atoms with Gasteiger partial charge in [-0.15, -0.1) is 0 Å². The van der Waals surface area contributed by atoms with E-state index in [2.05, 4.69) is 25.2 Å². The molecule has 2 aromatic heterocycles. The van der Waals surface area contributed by atoms with Crippen LogP contribution in [-0.4, -0.2) is 87.3 Å². The zero-order chi connectivity index (χ0) is 31.6. The molecule has 2 atom stereocenters. The molecule has 3 aromatic rings. The number of rotatable bonds is 10. The van der Waals surface area contributed by atoms with E-state index >= 15 is 4.39 Å². The highest BCUT2D eigenvalue weighted by Crippen LogP contribution is 2.39. The van der Waals surface area contributed by atoms with E-state index in [1.807, 2.05) is 6.92 Å². The van der Waals surface area contributed by atoms with E-state index in [0.29, 0.717) is 24.0 Å². The number of thiazole rings is 1. The summed E-state index contributed by atoms with van der Waals surface area (Å²) in [6, 6.07) is 1.85. The topological polar surface area (TPSA) is 97.7 Å². The molecule has 238 valence electrons. The summed E-state index contributed by atoms with van der Waals surface area (Å²) in [4.78, 5) is 29.5. The van der Waals surface area contributed by atoms with Crippen LogP contribution in [0.1, 0.15) is 36.6 Å². The van der Waals surface area contributed by atoms with Gasteiger partial charge in [-0.3, -0.25) is 14.6 Å². The van der Waals surface area contributed by atoms with Crippen molar-refractivity contribution in [1.82, 2.24) is 24.8 Å². The number of hydrogen-bond acceptors (Lipinski definition) is 9. The van der Waals surface area contributed by atoms with Gasteiger partial charge in [0.2, 0.25) is 5.82 Å². The number of piperazine rings is 1. The summed E-state index contributed by atoms with van der Waals surface area (Å²) < 4.78 is 84.4. The van der Waals surface area contributed by atoms with Gasteiger partial charge in [-0.2, -0.15) is 17.6 Å². The fraction of sp³-hybridized carbons (Fsp3) is 0.500. The molecule has 0 bridgehead atoms. The molecule has 0 spiro atoms. The lowest BCUT2D eigenvalue weighted by Crippen LogP contribution is -2.55. The van der Waals surface area contributed by atoms with Crippen molar-refractivity contribution >= 4 is 34.1 Å². The Morgan fingerprint density at radius 2 is 1.93 bits per heavy atom. The Morgan fingerprint density at radius 3 is 2.61 bits per heavy atom. The number of likely N-dealkylation sites (tertiary alicyclic amines) is 1. The van der Waals surface area contributed by atoms with Crippen LogP contribution in [0.25, 0.3) is 11.3 Å². The molecule has 0 saturated carbocycles. The van der Waals surface area contributed by atoms with Crippen LogP contribution in [0.2, 0.25) is 0 Å². The van der Waals surface area contributed by atoms with Crippen LogP contribution in [0.3, 0.4) is 0 Å². The number of aliphatic carboxylic acids is 1. The second-order valence-electron chi connectivity index (χ2n) is 10.9. The molecule has 16 heteroatoms. The minimum absolute atomic E-state index is 0.0506. The number of carboxylic acids is 1. The molecule has 9 nitrogen and oxygen atoms in total. The third-order valence-corrected chi connectivity index (χ3v) is 8.88. The third kappa shape index (κ3) is 7.24. The van der Waals surface area contributed by atoms with Gasteiger partial charge in [-0.25, -0.2) is 23.7 Å². The minimum Gasteiger partial charge on any atom is -0.481 e. The molecule has 5 rings (SSSR count). The molecule has 0 unspecified atom stereocenters. The Hall–Kier alpha value is -3.50. The van der Waals surface area contributed by atoms with Gasteiger partial charge in [0.05, 0.1) is 23.7 Å². The number of halogens is 6. The van der Waals surface area contributed by atoms with Gasteiger partial charge in [-0.05, 0) is 44.5 Å². The highest BCUT2D eigenvalue weighted by Gasteiger charge is 2.33. The Balaban J connectivity index is 1.42. The SMILES string of the molecule is C[C@@H]1CCCN1Cc1sc(Nc2ncnc(N3CCN(CCC(=O)O)[C@H](CF)C3)c2F)nc1-c1cc(F)cc(C(F)(F)F)c1. The zero-order valence-electron chi connectivity index (χ0n) is 23.7. The quantitative estimate of drug-likeness (QED) is 0.275. The highest BCUT2D eigenvalue weighted by atomic mass is 32.1. The van der Waals surface area contributed by atoms with Crippen molar-refractivity contribution in [3.63, 3.8) is 0 Å². The molecule has 4 heterocycles. The maximum Gasteiger partial charge on any atom is 0.416 e. The lowest BCUT2D eigenvalue weighted by atomic mass is 10.1. The first-order valence-electron chi connectivity index (χ1n) is 14.1. The fourth-order valence-electron chi connectivity index (χ4n) is 5.57. The second-order valence-corrected chi connectivity index (χ2v) is 12.0. The standard InChI is InChI=1S/C28H31F6N7O2S/c1-16-3-2-5-40(16)14-21-24(17-9-18(28(32,33)34)11-19(30)10-17)37-27(44-21)38-25-23(31)26(36-15-35-25)41-8-7-39(6-4-22(42)43)20(12-29)13-41/h9-11,15-16,20H,2-8,12-14H2,1H3,(H,42,43)(H,35,36,37,38)/t16-,20-/m1/s1. The number of nitrogens with zero attached hydrogens (tertiary/aromatic N) is 6. The van der Waals surface area contributed by atoms with E-state index in [-0.39, 0.29) is 60.1 Å². The van der Waals surface area contributed by atoms with E-state index in [9.17, 15) is 26.7 Å². The van der Waals surface area contributed by atoms with Gasteiger partial charge < -0.3 is 15.3 Å². The lowest BCUT2D eigenvalue weighted by molar-refractivity contribution is -0.138. The first-order chi connectivity index (χ1) is 20.9. The Morgan fingerprint density at radius 1 is 1.14 bits per heavy atom. The van der Waals surface area contributed by atoms with E-state index in [1.54, 1.807) is 9.80 Å². The molecular weight excluding hydrogens is 612 g/mol. The van der Waals surface area contributed by atoms with E-state index in [0.717, 1.165) is 49.2 Å². The first kappa shape index (κ1) is 31.9. The number of alkyl halides is 4. The summed E-state index contributed by atoms with van der Waals surface area (Å²) in [5.74, 6) is -3.21. The van der Waals surface area contributed by atoms with Crippen molar-refractivity contribution in [3.05, 3.63) is 46.6 Å². The van der Waals surface area contributed by atoms with Crippen molar-refractivity contribution in [2.45, 2.75) is 51.0 Å². The molecule has 1 aromatic carbocycles. The van der Waals surface area contributed by atoms with Crippen LogP contribution in [0, 0.1) is 11.6 Å². The van der Waals surface area contributed by atoms with Crippen molar-refractivity contribution in [3.8, 4) is 11.3 Å². The number of carboxylic acid groups (broad SMARTS) is 1. The molecule has 2 aliphatic heterocycles. The van der Waals surface area contributed by atoms with E-state index in [4.69, 9.17) is 5.11 Å². The van der Waals surface area contributed by atoms with Crippen LogP contribution >= 0.6 is 11.3 Å². The third-order valence-electron chi connectivity index (χ3n) is 7.92. The van der Waals surface area contributed by atoms with Crippen LogP contribution < -0.4 is 10.2 Å². The van der Waals surface area contributed by atoms with Crippen molar-refractivity contribution < 1.29 is 36.2 Å². The fourth-order valence-corrected chi connectivity index (χ4v) is 6.58. The van der Waals surface area contributed by atoms with Crippen LogP contribution in [0.15, 0.2) is 24.5 Å².